The molecular formula is C19H25ClN6O. The number of halogens is 1. The Morgan fingerprint density at radius 2 is 2.07 bits per heavy atom. The molecule has 0 aromatic carbocycles. The molecule has 0 aliphatic heterocycles. The van der Waals surface area contributed by atoms with Gasteiger partial charge in [-0.15, -0.1) is 5.10 Å². The van der Waals surface area contributed by atoms with Gasteiger partial charge in [0.2, 0.25) is 11.2 Å². The summed E-state index contributed by atoms with van der Waals surface area (Å²) in [6, 6.07) is 1.97. The van der Waals surface area contributed by atoms with Crippen molar-refractivity contribution in [3.8, 4) is 0 Å². The van der Waals surface area contributed by atoms with Gasteiger partial charge in [-0.25, -0.2) is 9.67 Å². The number of hydrogen-bond donors (Lipinski definition) is 1. The van der Waals surface area contributed by atoms with Gasteiger partial charge in [-0.2, -0.15) is 5.10 Å². The number of rotatable bonds is 5. The molecule has 0 saturated heterocycles. The van der Waals surface area contributed by atoms with E-state index >= 15 is 0 Å². The van der Waals surface area contributed by atoms with Crippen LogP contribution >= 0.6 is 11.6 Å². The molecule has 8 heteroatoms. The van der Waals surface area contributed by atoms with E-state index in [1.807, 2.05) is 21.6 Å². The monoisotopic (exact) mass is 388 g/mol. The van der Waals surface area contributed by atoms with Crippen molar-refractivity contribution in [2.75, 3.05) is 0 Å². The molecular weight excluding hydrogens is 364 g/mol. The Balaban J connectivity index is 1.37. The van der Waals surface area contributed by atoms with Crippen molar-refractivity contribution in [3.63, 3.8) is 0 Å². The first-order chi connectivity index (χ1) is 13.0. The molecule has 4 bridgehead atoms. The molecule has 4 saturated carbocycles. The van der Waals surface area contributed by atoms with Crippen molar-refractivity contribution in [3.05, 3.63) is 29.6 Å². The minimum Gasteiger partial charge on any atom is -0.350 e. The Morgan fingerprint density at radius 3 is 2.70 bits per heavy atom. The summed E-state index contributed by atoms with van der Waals surface area (Å²) in [5.41, 5.74) is 0.508. The van der Waals surface area contributed by atoms with E-state index in [9.17, 15) is 4.79 Å². The summed E-state index contributed by atoms with van der Waals surface area (Å²) < 4.78 is 3.84. The number of aromatic nitrogens is 5. The number of carbonyl (C=O) groups is 1. The van der Waals surface area contributed by atoms with Crippen LogP contribution in [0.4, 0.5) is 0 Å². The first kappa shape index (κ1) is 17.2. The zero-order chi connectivity index (χ0) is 18.6. The molecule has 0 spiro atoms. The third kappa shape index (κ3) is 2.78. The average molecular weight is 389 g/mol. The zero-order valence-electron chi connectivity index (χ0n) is 15.6. The summed E-state index contributed by atoms with van der Waals surface area (Å²) in [6.45, 7) is 3.38. The fraction of sp³-hybridized carbons (Fsp3) is 0.684. The topological polar surface area (TPSA) is 77.6 Å². The van der Waals surface area contributed by atoms with Gasteiger partial charge in [0.15, 0.2) is 0 Å². The molecule has 0 radical (unpaired) electrons. The average Bonchev–Trinajstić information content (AvgIpc) is 3.27. The molecule has 4 aliphatic rings. The molecule has 2 heterocycles. The highest BCUT2D eigenvalue weighted by molar-refractivity contribution is 6.28. The normalized spacial score (nSPS) is 34.1. The van der Waals surface area contributed by atoms with Crippen LogP contribution in [0.3, 0.4) is 0 Å². The second kappa shape index (κ2) is 6.06. The van der Waals surface area contributed by atoms with Crippen LogP contribution < -0.4 is 5.32 Å². The maximum Gasteiger partial charge on any atom is 0.242 e. The molecule has 144 valence electrons. The van der Waals surface area contributed by atoms with E-state index in [1.165, 1.54) is 6.42 Å². The third-order valence-electron chi connectivity index (χ3n) is 6.91. The second-order valence-corrected chi connectivity index (χ2v) is 9.11. The van der Waals surface area contributed by atoms with E-state index in [0.29, 0.717) is 18.4 Å². The molecule has 4 aliphatic carbocycles. The molecule has 6 rings (SSSR count). The molecule has 1 N–H and O–H groups in total. The van der Waals surface area contributed by atoms with Gasteiger partial charge in [-0.3, -0.25) is 9.48 Å². The minimum atomic E-state index is -0.296. The van der Waals surface area contributed by atoms with Crippen molar-refractivity contribution in [1.29, 1.82) is 0 Å². The fourth-order valence-electron chi connectivity index (χ4n) is 6.25. The molecule has 2 atom stereocenters. The standard InChI is InChI=1S/C19H25ClN6O/c1-2-25-4-3-15(23-25)10-21-16(27)18-6-13-5-14(7-18)9-19(8-13,11-18)26-12-22-17(20)24-26/h3-4,12-14H,2,5-11H2,1H3,(H,21,27). The van der Waals surface area contributed by atoms with Crippen LogP contribution in [0, 0.1) is 17.3 Å². The van der Waals surface area contributed by atoms with E-state index in [-0.39, 0.29) is 22.1 Å². The predicted octanol–water partition coefficient (Wildman–Crippen LogP) is 2.76. The first-order valence-corrected chi connectivity index (χ1v) is 10.3. The van der Waals surface area contributed by atoms with Crippen molar-refractivity contribution >= 4 is 17.5 Å². The number of nitrogens with one attached hydrogen (secondary N) is 1. The third-order valence-corrected chi connectivity index (χ3v) is 7.08. The van der Waals surface area contributed by atoms with Crippen LogP contribution in [0.25, 0.3) is 0 Å². The van der Waals surface area contributed by atoms with Gasteiger partial charge in [0.25, 0.3) is 0 Å². The van der Waals surface area contributed by atoms with E-state index in [0.717, 1.165) is 44.3 Å². The van der Waals surface area contributed by atoms with Crippen LogP contribution in [-0.2, 0) is 23.4 Å². The van der Waals surface area contributed by atoms with Crippen LogP contribution in [0.2, 0.25) is 5.28 Å². The lowest BCUT2D eigenvalue weighted by molar-refractivity contribution is -0.156. The Hall–Kier alpha value is -1.89. The van der Waals surface area contributed by atoms with Gasteiger partial charge in [0.05, 0.1) is 23.2 Å². The van der Waals surface area contributed by atoms with Gasteiger partial charge in [0, 0.05) is 12.7 Å². The maximum absolute atomic E-state index is 13.3. The molecule has 2 aromatic heterocycles. The van der Waals surface area contributed by atoms with Gasteiger partial charge >= 0.3 is 0 Å². The number of nitrogens with zero attached hydrogens (tertiary/aromatic N) is 5. The Labute approximate surface area is 163 Å². The zero-order valence-corrected chi connectivity index (χ0v) is 16.3. The lowest BCUT2D eigenvalue weighted by Gasteiger charge is -2.60. The Morgan fingerprint density at radius 1 is 1.30 bits per heavy atom. The van der Waals surface area contributed by atoms with Crippen LogP contribution in [0.5, 0.6) is 0 Å². The summed E-state index contributed by atoms with van der Waals surface area (Å²) in [5, 5.41) is 12.4. The summed E-state index contributed by atoms with van der Waals surface area (Å²) >= 11 is 6.00. The van der Waals surface area contributed by atoms with E-state index in [1.54, 1.807) is 6.33 Å². The number of carbonyl (C=O) groups excluding carboxylic acids is 1. The van der Waals surface area contributed by atoms with Crippen molar-refractivity contribution in [1.82, 2.24) is 29.9 Å². The quantitative estimate of drug-likeness (QED) is 0.854. The van der Waals surface area contributed by atoms with E-state index in [4.69, 9.17) is 11.6 Å². The van der Waals surface area contributed by atoms with E-state index < -0.39 is 0 Å². The van der Waals surface area contributed by atoms with Crippen molar-refractivity contribution in [2.45, 2.75) is 64.1 Å². The first-order valence-electron chi connectivity index (χ1n) is 9.89. The summed E-state index contributed by atoms with van der Waals surface area (Å²) in [6.07, 6.45) is 9.92. The molecule has 2 unspecified atom stereocenters. The maximum atomic E-state index is 13.3. The lowest BCUT2D eigenvalue weighted by atomic mass is 9.46. The number of amides is 1. The summed E-state index contributed by atoms with van der Waals surface area (Å²) in [7, 11) is 0. The number of aryl methyl sites for hydroxylation is 1. The highest BCUT2D eigenvalue weighted by Crippen LogP contribution is 2.64. The minimum absolute atomic E-state index is 0.106. The lowest BCUT2D eigenvalue weighted by Crippen LogP contribution is -2.61. The van der Waals surface area contributed by atoms with Gasteiger partial charge in [-0.05, 0) is 75.0 Å². The predicted molar refractivity (Wildman–Crippen MR) is 99.9 cm³/mol. The fourth-order valence-corrected chi connectivity index (χ4v) is 6.38. The Kier molecular flexibility index (Phi) is 3.86. The number of hydrogen-bond acceptors (Lipinski definition) is 4. The molecule has 7 nitrogen and oxygen atoms in total. The highest BCUT2D eigenvalue weighted by atomic mass is 35.5. The second-order valence-electron chi connectivity index (χ2n) is 8.77. The molecule has 27 heavy (non-hydrogen) atoms. The van der Waals surface area contributed by atoms with Crippen LogP contribution in [0.1, 0.15) is 51.1 Å². The SMILES string of the molecule is CCn1ccc(CNC(=O)C23CC4CC(C2)CC(n2cnc(Cl)n2)(C4)C3)n1. The van der Waals surface area contributed by atoms with Gasteiger partial charge in [0.1, 0.15) is 6.33 Å². The largest absolute Gasteiger partial charge is 0.350 e. The summed E-state index contributed by atoms with van der Waals surface area (Å²) in [5.74, 6) is 1.34. The highest BCUT2D eigenvalue weighted by Gasteiger charge is 2.61. The molecule has 4 fully saturated rings. The molecule has 2 aromatic rings. The van der Waals surface area contributed by atoms with E-state index in [2.05, 4.69) is 27.4 Å². The van der Waals surface area contributed by atoms with Gasteiger partial charge in [-0.1, -0.05) is 0 Å². The van der Waals surface area contributed by atoms with Crippen LogP contribution in [-0.4, -0.2) is 30.5 Å². The van der Waals surface area contributed by atoms with Crippen molar-refractivity contribution < 1.29 is 4.79 Å². The molecule has 1 amide bonds. The van der Waals surface area contributed by atoms with Crippen LogP contribution in [0.15, 0.2) is 18.6 Å². The Bertz CT molecular complexity index is 859. The summed E-state index contributed by atoms with van der Waals surface area (Å²) in [4.78, 5) is 17.4. The smallest absolute Gasteiger partial charge is 0.242 e. The van der Waals surface area contributed by atoms with Crippen molar-refractivity contribution in [2.24, 2.45) is 17.3 Å². The van der Waals surface area contributed by atoms with Gasteiger partial charge < -0.3 is 5.32 Å².